The highest BCUT2D eigenvalue weighted by Gasteiger charge is 2.26. The molecule has 0 aliphatic carbocycles. The van der Waals surface area contributed by atoms with E-state index in [0.29, 0.717) is 25.3 Å². The van der Waals surface area contributed by atoms with E-state index in [1.54, 1.807) is 4.90 Å². The highest BCUT2D eigenvalue weighted by atomic mass is 16.2. The van der Waals surface area contributed by atoms with Crippen molar-refractivity contribution in [2.75, 3.05) is 19.6 Å². The van der Waals surface area contributed by atoms with Gasteiger partial charge in [0.05, 0.1) is 6.04 Å². The maximum atomic E-state index is 11.6. The quantitative estimate of drug-likeness (QED) is 0.227. The Morgan fingerprint density at radius 1 is 1.58 bits per heavy atom. The fraction of sp³-hybridized carbons (Fsp3) is 0.583. The minimum absolute atomic E-state index is 0.0447. The first-order valence-corrected chi connectivity index (χ1v) is 6.29. The van der Waals surface area contributed by atoms with E-state index >= 15 is 0 Å². The molecule has 7 nitrogen and oxygen atoms in total. The van der Waals surface area contributed by atoms with Crippen LogP contribution in [0.25, 0.3) is 0 Å². The van der Waals surface area contributed by atoms with Gasteiger partial charge in [0.15, 0.2) is 0 Å². The summed E-state index contributed by atoms with van der Waals surface area (Å²) in [6.07, 6.45) is 3.78. The van der Waals surface area contributed by atoms with Crippen LogP contribution in [0.5, 0.6) is 0 Å². The first-order valence-electron chi connectivity index (χ1n) is 6.29. The summed E-state index contributed by atoms with van der Waals surface area (Å²) in [7, 11) is 0. The van der Waals surface area contributed by atoms with Crippen molar-refractivity contribution >= 4 is 18.5 Å². The van der Waals surface area contributed by atoms with Crippen LogP contribution in [0.4, 0.5) is 0 Å². The number of hydrogen-bond donors (Lipinski definition) is 2. The zero-order chi connectivity index (χ0) is 14.3. The minimum Gasteiger partial charge on any atom is -0.386 e. The van der Waals surface area contributed by atoms with Crippen molar-refractivity contribution in [3.8, 4) is 0 Å². The molecule has 19 heavy (non-hydrogen) atoms. The highest BCUT2D eigenvalue weighted by molar-refractivity contribution is 5.87. The summed E-state index contributed by atoms with van der Waals surface area (Å²) in [5, 5.41) is 9.28. The Morgan fingerprint density at radius 3 is 2.89 bits per heavy atom. The molecule has 0 aromatic carbocycles. The Labute approximate surface area is 113 Å². The molecular formula is C12H22N6O. The van der Waals surface area contributed by atoms with Crippen molar-refractivity contribution in [2.45, 2.75) is 25.3 Å². The van der Waals surface area contributed by atoms with Gasteiger partial charge >= 0.3 is 0 Å². The number of nitrogens with zero attached hydrogens (tertiary/aromatic N) is 4. The van der Waals surface area contributed by atoms with Crippen molar-refractivity contribution in [1.82, 2.24) is 9.91 Å². The average Bonchev–Trinajstić information content (AvgIpc) is 2.47. The van der Waals surface area contributed by atoms with Crippen molar-refractivity contribution in [3.63, 3.8) is 0 Å². The van der Waals surface area contributed by atoms with Crippen LogP contribution in [0.2, 0.25) is 0 Å². The SMILES string of the molecule is C=CC(=O)N1CCC[C@@H](N(CC/C(N)=N\N)N=C)C1. The Morgan fingerprint density at radius 2 is 2.32 bits per heavy atom. The fourth-order valence-electron chi connectivity index (χ4n) is 2.19. The smallest absolute Gasteiger partial charge is 0.246 e. The second kappa shape index (κ2) is 7.40. The molecule has 0 aromatic heterocycles. The first kappa shape index (κ1) is 15.0. The molecule has 1 aliphatic heterocycles. The van der Waals surface area contributed by atoms with Gasteiger partial charge in [-0.2, -0.15) is 10.2 Å². The third kappa shape index (κ3) is 4.27. The summed E-state index contributed by atoms with van der Waals surface area (Å²) >= 11 is 0. The van der Waals surface area contributed by atoms with Crippen molar-refractivity contribution in [3.05, 3.63) is 12.7 Å². The van der Waals surface area contributed by atoms with Crippen LogP contribution in [0, 0.1) is 0 Å². The predicted molar refractivity (Wildman–Crippen MR) is 76.5 cm³/mol. The third-order valence-corrected chi connectivity index (χ3v) is 3.25. The maximum absolute atomic E-state index is 11.6. The summed E-state index contributed by atoms with van der Waals surface area (Å²) < 4.78 is 0. The van der Waals surface area contributed by atoms with Crippen molar-refractivity contribution in [2.24, 2.45) is 21.8 Å². The van der Waals surface area contributed by atoms with Gasteiger partial charge in [-0.25, -0.2) is 0 Å². The largest absolute Gasteiger partial charge is 0.386 e. The number of rotatable bonds is 6. The Bertz CT molecular complexity index is 367. The molecule has 0 radical (unpaired) electrons. The lowest BCUT2D eigenvalue weighted by molar-refractivity contribution is -0.128. The van der Waals surface area contributed by atoms with Gasteiger partial charge in [0.1, 0.15) is 5.84 Å². The van der Waals surface area contributed by atoms with Crippen molar-refractivity contribution in [1.29, 1.82) is 0 Å². The van der Waals surface area contributed by atoms with E-state index in [-0.39, 0.29) is 11.9 Å². The molecule has 0 unspecified atom stereocenters. The lowest BCUT2D eigenvalue weighted by Crippen LogP contribution is -2.48. The molecule has 0 spiro atoms. The molecule has 7 heteroatoms. The van der Waals surface area contributed by atoms with Crippen LogP contribution >= 0.6 is 0 Å². The fourth-order valence-corrected chi connectivity index (χ4v) is 2.19. The zero-order valence-electron chi connectivity index (χ0n) is 11.2. The summed E-state index contributed by atoms with van der Waals surface area (Å²) in [5.41, 5.74) is 5.56. The summed E-state index contributed by atoms with van der Waals surface area (Å²) in [5.74, 6) is 5.43. The second-order valence-corrected chi connectivity index (χ2v) is 4.46. The summed E-state index contributed by atoms with van der Waals surface area (Å²) in [4.78, 5) is 13.4. The molecule has 0 aromatic rings. The minimum atomic E-state index is -0.0447. The van der Waals surface area contributed by atoms with Gasteiger partial charge in [-0.05, 0) is 18.9 Å². The number of hydrazone groups is 2. The lowest BCUT2D eigenvalue weighted by Gasteiger charge is -2.37. The highest BCUT2D eigenvalue weighted by Crippen LogP contribution is 2.16. The number of hydrogen-bond acceptors (Lipinski definition) is 5. The van der Waals surface area contributed by atoms with Gasteiger partial charge in [-0.15, -0.1) is 0 Å². The monoisotopic (exact) mass is 266 g/mol. The summed E-state index contributed by atoms with van der Waals surface area (Å²) in [6, 6.07) is 0.153. The number of amidine groups is 1. The Kier molecular flexibility index (Phi) is 5.84. The zero-order valence-corrected chi connectivity index (χ0v) is 11.2. The van der Waals surface area contributed by atoms with E-state index < -0.39 is 0 Å². The molecule has 0 bridgehead atoms. The molecule has 1 amide bonds. The second-order valence-electron chi connectivity index (χ2n) is 4.46. The molecule has 4 N–H and O–H groups in total. The number of nitrogens with two attached hydrogens (primary N) is 2. The van der Waals surface area contributed by atoms with E-state index in [4.69, 9.17) is 11.6 Å². The molecular weight excluding hydrogens is 244 g/mol. The van der Waals surface area contributed by atoms with Gasteiger partial charge < -0.3 is 16.5 Å². The van der Waals surface area contributed by atoms with Gasteiger partial charge in [0, 0.05) is 32.8 Å². The average molecular weight is 266 g/mol. The van der Waals surface area contributed by atoms with Crippen molar-refractivity contribution < 1.29 is 4.79 Å². The van der Waals surface area contributed by atoms with Crippen LogP contribution in [0.3, 0.4) is 0 Å². The molecule has 1 aliphatic rings. The topological polar surface area (TPSA) is 100 Å². The molecule has 1 rings (SSSR count). The molecule has 1 atom stereocenters. The van der Waals surface area contributed by atoms with Crippen LogP contribution in [0.1, 0.15) is 19.3 Å². The van der Waals surface area contributed by atoms with Crippen LogP contribution in [0.15, 0.2) is 22.9 Å². The van der Waals surface area contributed by atoms with E-state index in [1.807, 2.05) is 5.01 Å². The first-order chi connectivity index (χ1) is 9.12. The van der Waals surface area contributed by atoms with Crippen LogP contribution < -0.4 is 11.6 Å². The maximum Gasteiger partial charge on any atom is 0.246 e. The van der Waals surface area contributed by atoms with E-state index in [1.165, 1.54) is 6.08 Å². The van der Waals surface area contributed by atoms with Gasteiger partial charge in [-0.1, -0.05) is 6.58 Å². The number of carbonyl (C=O) groups is 1. The lowest BCUT2D eigenvalue weighted by atomic mass is 10.0. The standard InChI is InChI=1S/C12H22N6O/c1-3-12(19)17-7-4-5-10(9-17)18(15-2)8-6-11(13)16-14/h3,10H,1-2,4-9,14H2,(H2,13,16)/t10-/m1/s1. The molecule has 106 valence electrons. The normalized spacial score (nSPS) is 19.9. The van der Waals surface area contributed by atoms with Crippen LogP contribution in [-0.2, 0) is 4.79 Å². The van der Waals surface area contributed by atoms with E-state index in [0.717, 1.165) is 19.4 Å². The number of likely N-dealkylation sites (tertiary alicyclic amines) is 1. The predicted octanol–water partition coefficient (Wildman–Crippen LogP) is -0.298. The molecule has 0 saturated carbocycles. The third-order valence-electron chi connectivity index (χ3n) is 3.25. The van der Waals surface area contributed by atoms with E-state index in [9.17, 15) is 4.79 Å². The number of carbonyl (C=O) groups excluding carboxylic acids is 1. The van der Waals surface area contributed by atoms with Gasteiger partial charge in [0.2, 0.25) is 5.91 Å². The molecule has 1 heterocycles. The van der Waals surface area contributed by atoms with Gasteiger partial charge in [-0.3, -0.25) is 9.80 Å². The summed E-state index contributed by atoms with van der Waals surface area (Å²) in [6.45, 7) is 9.07. The van der Waals surface area contributed by atoms with Crippen LogP contribution in [-0.4, -0.2) is 54.0 Å². The van der Waals surface area contributed by atoms with Gasteiger partial charge in [0.25, 0.3) is 0 Å². The number of amides is 1. The molecule has 1 fully saturated rings. The van der Waals surface area contributed by atoms with E-state index in [2.05, 4.69) is 23.5 Å². The number of piperidine rings is 1. The molecule has 1 saturated heterocycles. The Hall–Kier alpha value is -2.05. The Balaban J connectivity index is 2.57.